The number of anilines is 1. The number of aryl methyl sites for hydroxylation is 1. The number of rotatable bonds is 2. The van der Waals surface area contributed by atoms with Crippen LogP contribution in [0.2, 0.25) is 0 Å². The van der Waals surface area contributed by atoms with Crippen LogP contribution in [0.3, 0.4) is 0 Å². The largest absolute Gasteiger partial charge is 0.326 e. The van der Waals surface area contributed by atoms with Gasteiger partial charge in [0.05, 0.1) is 0 Å². The molecule has 4 aliphatic carbocycles. The number of carbonyl (C=O) groups excluding carboxylic acids is 2. The lowest BCUT2D eigenvalue weighted by molar-refractivity contribution is -0.127. The Bertz CT molecular complexity index is 900. The van der Waals surface area contributed by atoms with Crippen LogP contribution in [0.1, 0.15) is 70.8 Å². The first-order valence-corrected chi connectivity index (χ1v) is 11.9. The predicted octanol–water partition coefficient (Wildman–Crippen LogP) is 6.08. The third-order valence-electron chi connectivity index (χ3n) is 9.60. The predicted molar refractivity (Wildman–Crippen MR) is 120 cm³/mol. The van der Waals surface area contributed by atoms with Crippen LogP contribution in [-0.4, -0.2) is 11.7 Å². The summed E-state index contributed by atoms with van der Waals surface area (Å²) >= 11 is 0. The van der Waals surface area contributed by atoms with E-state index < -0.39 is 0 Å². The number of hydrogen-bond acceptors (Lipinski definition) is 2. The maximum absolute atomic E-state index is 13.3. The molecule has 0 bridgehead atoms. The maximum Gasteiger partial charge on any atom is 0.228 e. The fourth-order valence-corrected chi connectivity index (χ4v) is 7.86. The molecule has 3 fully saturated rings. The minimum Gasteiger partial charge on any atom is -0.326 e. The number of benzene rings is 1. The van der Waals surface area contributed by atoms with Crippen molar-refractivity contribution in [3.8, 4) is 0 Å². The average Bonchev–Trinajstić information content (AvgIpc) is 3.07. The van der Waals surface area contributed by atoms with Crippen molar-refractivity contribution >= 4 is 17.4 Å². The Labute approximate surface area is 180 Å². The highest BCUT2D eigenvalue weighted by Gasteiger charge is 2.60. The van der Waals surface area contributed by atoms with E-state index in [1.165, 1.54) is 30.4 Å². The van der Waals surface area contributed by atoms with Crippen molar-refractivity contribution < 1.29 is 9.59 Å². The summed E-state index contributed by atoms with van der Waals surface area (Å²) in [6.45, 7) is 6.90. The van der Waals surface area contributed by atoms with Gasteiger partial charge in [-0.05, 0) is 98.7 Å². The van der Waals surface area contributed by atoms with Crippen molar-refractivity contribution in [1.82, 2.24) is 0 Å². The smallest absolute Gasteiger partial charge is 0.228 e. The average molecular weight is 406 g/mol. The maximum atomic E-state index is 13.3. The van der Waals surface area contributed by atoms with E-state index in [1.807, 2.05) is 18.2 Å². The number of fused-ring (bicyclic) bond motifs is 5. The zero-order valence-electron chi connectivity index (χ0n) is 18.7. The van der Waals surface area contributed by atoms with E-state index in [0.29, 0.717) is 30.0 Å². The third kappa shape index (κ3) is 2.99. The van der Waals surface area contributed by atoms with Crippen LogP contribution in [0.4, 0.5) is 5.69 Å². The summed E-state index contributed by atoms with van der Waals surface area (Å²) in [5.41, 5.74) is 3.87. The van der Waals surface area contributed by atoms with E-state index in [1.54, 1.807) is 0 Å². The van der Waals surface area contributed by atoms with Gasteiger partial charge in [0, 0.05) is 18.0 Å². The number of allylic oxidation sites excluding steroid dienone is 1. The topological polar surface area (TPSA) is 46.2 Å². The molecule has 0 heterocycles. The Morgan fingerprint density at radius 3 is 2.50 bits per heavy atom. The summed E-state index contributed by atoms with van der Waals surface area (Å²) in [6.07, 6.45) is 10.5. The molecule has 30 heavy (non-hydrogen) atoms. The second-order valence-corrected chi connectivity index (χ2v) is 11.0. The van der Waals surface area contributed by atoms with Gasteiger partial charge in [0.15, 0.2) is 5.78 Å². The SMILES string of the molecule is Cc1ccc(NC(=O)[C@H]2CCC3C4CCC5=CC(=O)CC[C@]5(C)C4CC[C@@]32C)cc1. The fraction of sp³-hybridized carbons (Fsp3) is 0.630. The van der Waals surface area contributed by atoms with E-state index in [9.17, 15) is 9.59 Å². The molecule has 160 valence electrons. The molecule has 0 aromatic heterocycles. The lowest BCUT2D eigenvalue weighted by atomic mass is 9.47. The van der Waals surface area contributed by atoms with Crippen LogP contribution < -0.4 is 5.32 Å². The molecule has 0 spiro atoms. The van der Waals surface area contributed by atoms with Crippen LogP contribution >= 0.6 is 0 Å². The summed E-state index contributed by atoms with van der Waals surface area (Å²) in [7, 11) is 0. The Balaban J connectivity index is 1.36. The molecule has 3 saturated carbocycles. The van der Waals surface area contributed by atoms with Gasteiger partial charge >= 0.3 is 0 Å². The van der Waals surface area contributed by atoms with E-state index in [-0.39, 0.29) is 22.7 Å². The van der Waals surface area contributed by atoms with Crippen molar-refractivity contribution in [3.05, 3.63) is 41.5 Å². The summed E-state index contributed by atoms with van der Waals surface area (Å²) in [5, 5.41) is 3.21. The lowest BCUT2D eigenvalue weighted by Crippen LogP contribution is -2.51. The molecule has 5 rings (SSSR count). The van der Waals surface area contributed by atoms with Gasteiger partial charge in [-0.1, -0.05) is 37.1 Å². The summed E-state index contributed by atoms with van der Waals surface area (Å²) < 4.78 is 0. The summed E-state index contributed by atoms with van der Waals surface area (Å²) in [5.74, 6) is 2.69. The van der Waals surface area contributed by atoms with Crippen LogP contribution in [0.15, 0.2) is 35.9 Å². The van der Waals surface area contributed by atoms with Crippen molar-refractivity contribution in [2.24, 2.45) is 34.5 Å². The fourth-order valence-electron chi connectivity index (χ4n) is 7.86. The first-order chi connectivity index (χ1) is 14.3. The summed E-state index contributed by atoms with van der Waals surface area (Å²) in [6, 6.07) is 8.14. The van der Waals surface area contributed by atoms with Gasteiger partial charge in [-0.25, -0.2) is 0 Å². The number of hydrogen-bond donors (Lipinski definition) is 1. The van der Waals surface area contributed by atoms with Gasteiger partial charge in [-0.3, -0.25) is 9.59 Å². The van der Waals surface area contributed by atoms with E-state index in [2.05, 4.69) is 38.2 Å². The van der Waals surface area contributed by atoms with Crippen molar-refractivity contribution in [3.63, 3.8) is 0 Å². The van der Waals surface area contributed by atoms with E-state index in [4.69, 9.17) is 0 Å². The van der Waals surface area contributed by atoms with Crippen molar-refractivity contribution in [2.45, 2.75) is 72.1 Å². The minimum atomic E-state index is 0.109. The molecular formula is C27H35NO2. The normalized spacial score (nSPS) is 40.1. The lowest BCUT2D eigenvalue weighted by Gasteiger charge is -2.58. The van der Waals surface area contributed by atoms with Gasteiger partial charge in [-0.2, -0.15) is 0 Å². The number of ketones is 1. The summed E-state index contributed by atoms with van der Waals surface area (Å²) in [4.78, 5) is 25.3. The minimum absolute atomic E-state index is 0.109. The van der Waals surface area contributed by atoms with Gasteiger partial charge in [0.1, 0.15) is 0 Å². The number of amides is 1. The van der Waals surface area contributed by atoms with Gasteiger partial charge in [-0.15, -0.1) is 0 Å². The Kier molecular flexibility index (Phi) is 4.72. The Hall–Kier alpha value is -1.90. The Morgan fingerprint density at radius 1 is 0.967 bits per heavy atom. The van der Waals surface area contributed by atoms with Gasteiger partial charge in [0.25, 0.3) is 0 Å². The quantitative estimate of drug-likeness (QED) is 0.648. The molecule has 0 radical (unpaired) electrons. The molecule has 1 N–H and O–H groups in total. The number of carbonyl (C=O) groups is 2. The molecule has 0 saturated heterocycles. The van der Waals surface area contributed by atoms with Gasteiger partial charge in [0.2, 0.25) is 5.91 Å². The zero-order chi connectivity index (χ0) is 21.1. The van der Waals surface area contributed by atoms with Crippen LogP contribution in [0.5, 0.6) is 0 Å². The molecule has 3 heteroatoms. The molecular weight excluding hydrogens is 370 g/mol. The first kappa shape index (κ1) is 20.0. The highest BCUT2D eigenvalue weighted by molar-refractivity contribution is 5.93. The van der Waals surface area contributed by atoms with Crippen molar-refractivity contribution in [1.29, 1.82) is 0 Å². The molecule has 1 amide bonds. The monoisotopic (exact) mass is 405 g/mol. The van der Waals surface area contributed by atoms with Crippen LogP contribution in [0, 0.1) is 41.4 Å². The second-order valence-electron chi connectivity index (χ2n) is 11.0. The number of nitrogens with one attached hydrogen (secondary N) is 1. The van der Waals surface area contributed by atoms with E-state index >= 15 is 0 Å². The second kappa shape index (κ2) is 7.07. The molecule has 0 aliphatic heterocycles. The highest BCUT2D eigenvalue weighted by Crippen LogP contribution is 2.66. The van der Waals surface area contributed by atoms with E-state index in [0.717, 1.165) is 31.4 Å². The zero-order valence-corrected chi connectivity index (χ0v) is 18.7. The molecule has 1 aromatic carbocycles. The first-order valence-electron chi connectivity index (χ1n) is 11.9. The van der Waals surface area contributed by atoms with Gasteiger partial charge < -0.3 is 5.32 Å². The van der Waals surface area contributed by atoms with Crippen LogP contribution in [-0.2, 0) is 9.59 Å². The third-order valence-corrected chi connectivity index (χ3v) is 9.60. The standard InChI is InChI=1S/C27H35NO2/c1-17-4-7-19(8-5-17)28-25(30)24-11-10-22-21-9-6-18-16-20(29)12-14-26(18,2)23(21)13-15-27(22,24)3/h4-5,7-8,16,21-24H,6,9-15H2,1-3H3,(H,28,30)/t21?,22?,23?,24-,26+,27+/m1/s1. The molecule has 1 aromatic rings. The Morgan fingerprint density at radius 2 is 1.73 bits per heavy atom. The molecule has 4 aliphatic rings. The molecule has 6 atom stereocenters. The van der Waals surface area contributed by atoms with Crippen LogP contribution in [0.25, 0.3) is 0 Å². The molecule has 3 unspecified atom stereocenters. The molecule has 3 nitrogen and oxygen atoms in total. The van der Waals surface area contributed by atoms with Crippen molar-refractivity contribution in [2.75, 3.05) is 5.32 Å². The highest BCUT2D eigenvalue weighted by atomic mass is 16.2.